The highest BCUT2D eigenvalue weighted by atomic mass is 35.5. The number of imidazole rings is 1. The van der Waals surface area contributed by atoms with Crippen molar-refractivity contribution in [2.45, 2.75) is 16.5 Å². The molecule has 0 bridgehead atoms. The van der Waals surface area contributed by atoms with Crippen molar-refractivity contribution in [3.63, 3.8) is 0 Å². The molecule has 0 saturated heterocycles. The highest BCUT2D eigenvalue weighted by molar-refractivity contribution is 7.98. The second kappa shape index (κ2) is 5.62. The van der Waals surface area contributed by atoms with E-state index in [1.165, 1.54) is 0 Å². The zero-order valence-corrected chi connectivity index (χ0v) is 10.7. The maximum atomic E-state index is 6.05. The first-order valence-electron chi connectivity index (χ1n) is 4.75. The van der Waals surface area contributed by atoms with E-state index in [2.05, 4.69) is 9.97 Å². The van der Waals surface area contributed by atoms with E-state index >= 15 is 0 Å². The quantitative estimate of drug-likeness (QED) is 0.671. The molecule has 0 unspecified atom stereocenters. The van der Waals surface area contributed by atoms with Crippen molar-refractivity contribution < 1.29 is 0 Å². The summed E-state index contributed by atoms with van der Waals surface area (Å²) in [5.74, 6) is 2.14. The number of nitrogens with one attached hydrogen (secondary N) is 1. The Morgan fingerprint density at radius 2 is 2.12 bits per heavy atom. The number of thioether (sulfide) groups is 1. The SMILES string of the molecule is ClCc1cnc(CSc2ccccc2Cl)[nH]1. The fraction of sp³-hybridized carbons (Fsp3) is 0.182. The molecule has 0 saturated carbocycles. The van der Waals surface area contributed by atoms with E-state index in [-0.39, 0.29) is 0 Å². The minimum absolute atomic E-state index is 0.462. The van der Waals surface area contributed by atoms with E-state index in [9.17, 15) is 0 Å². The zero-order valence-electron chi connectivity index (χ0n) is 8.41. The average Bonchev–Trinajstić information content (AvgIpc) is 2.76. The van der Waals surface area contributed by atoms with Crippen LogP contribution in [0.2, 0.25) is 5.02 Å². The molecule has 84 valence electrons. The van der Waals surface area contributed by atoms with Crippen LogP contribution in [0.4, 0.5) is 0 Å². The summed E-state index contributed by atoms with van der Waals surface area (Å²) in [7, 11) is 0. The Morgan fingerprint density at radius 3 is 2.81 bits per heavy atom. The summed E-state index contributed by atoms with van der Waals surface area (Å²) >= 11 is 13.4. The second-order valence-electron chi connectivity index (χ2n) is 3.21. The maximum absolute atomic E-state index is 6.05. The molecule has 0 fully saturated rings. The molecule has 2 rings (SSSR count). The van der Waals surface area contributed by atoms with Gasteiger partial charge in [-0.25, -0.2) is 4.98 Å². The van der Waals surface area contributed by atoms with Crippen molar-refractivity contribution in [2.24, 2.45) is 0 Å². The lowest BCUT2D eigenvalue weighted by atomic mass is 10.4. The molecule has 0 aliphatic carbocycles. The van der Waals surface area contributed by atoms with Gasteiger partial charge in [0.25, 0.3) is 0 Å². The van der Waals surface area contributed by atoms with E-state index in [0.29, 0.717) is 5.88 Å². The lowest BCUT2D eigenvalue weighted by molar-refractivity contribution is 1.10. The topological polar surface area (TPSA) is 28.7 Å². The average molecular weight is 273 g/mol. The molecule has 0 aliphatic heterocycles. The van der Waals surface area contributed by atoms with Crippen LogP contribution in [0, 0.1) is 0 Å². The van der Waals surface area contributed by atoms with Crippen LogP contribution in [0.5, 0.6) is 0 Å². The highest BCUT2D eigenvalue weighted by Gasteiger charge is 2.03. The van der Waals surface area contributed by atoms with Gasteiger partial charge >= 0.3 is 0 Å². The molecule has 2 aromatic rings. The van der Waals surface area contributed by atoms with Crippen molar-refractivity contribution in [3.05, 3.63) is 47.0 Å². The zero-order chi connectivity index (χ0) is 11.4. The Balaban J connectivity index is 1.99. The third kappa shape index (κ3) is 2.94. The van der Waals surface area contributed by atoms with Crippen LogP contribution in [0.1, 0.15) is 11.5 Å². The predicted molar refractivity (Wildman–Crippen MR) is 69.2 cm³/mol. The molecule has 1 aromatic carbocycles. The number of aromatic amines is 1. The summed E-state index contributed by atoms with van der Waals surface area (Å²) in [6, 6.07) is 7.78. The number of hydrogen-bond donors (Lipinski definition) is 1. The van der Waals surface area contributed by atoms with Crippen molar-refractivity contribution >= 4 is 35.0 Å². The molecular weight excluding hydrogens is 263 g/mol. The van der Waals surface area contributed by atoms with Crippen molar-refractivity contribution in [3.8, 4) is 0 Å². The number of alkyl halides is 1. The summed E-state index contributed by atoms with van der Waals surface area (Å²) in [5.41, 5.74) is 0.941. The molecule has 0 radical (unpaired) electrons. The van der Waals surface area contributed by atoms with E-state index in [1.54, 1.807) is 18.0 Å². The van der Waals surface area contributed by atoms with Gasteiger partial charge in [0, 0.05) is 16.8 Å². The number of rotatable bonds is 4. The number of halogens is 2. The Kier molecular flexibility index (Phi) is 4.16. The van der Waals surface area contributed by atoms with Gasteiger partial charge in [-0.2, -0.15) is 0 Å². The van der Waals surface area contributed by atoms with E-state index in [4.69, 9.17) is 23.2 Å². The summed E-state index contributed by atoms with van der Waals surface area (Å²) in [5, 5.41) is 0.775. The van der Waals surface area contributed by atoms with Gasteiger partial charge in [0.15, 0.2) is 0 Å². The van der Waals surface area contributed by atoms with Gasteiger partial charge in [0.1, 0.15) is 5.82 Å². The number of hydrogen-bond acceptors (Lipinski definition) is 2. The molecular formula is C11H10Cl2N2S. The minimum Gasteiger partial charge on any atom is -0.344 e. The van der Waals surface area contributed by atoms with Crippen molar-refractivity contribution in [1.29, 1.82) is 0 Å². The first-order valence-corrected chi connectivity index (χ1v) is 6.65. The van der Waals surface area contributed by atoms with Crippen molar-refractivity contribution in [2.75, 3.05) is 0 Å². The smallest absolute Gasteiger partial charge is 0.116 e. The van der Waals surface area contributed by atoms with Crippen LogP contribution in [-0.2, 0) is 11.6 Å². The lowest BCUT2D eigenvalue weighted by Crippen LogP contribution is -1.85. The van der Waals surface area contributed by atoms with Gasteiger partial charge in [-0.15, -0.1) is 23.4 Å². The highest BCUT2D eigenvalue weighted by Crippen LogP contribution is 2.28. The van der Waals surface area contributed by atoms with Gasteiger partial charge in [-0.3, -0.25) is 0 Å². The third-order valence-corrected chi connectivity index (χ3v) is 3.84. The van der Waals surface area contributed by atoms with Crippen LogP contribution in [0.15, 0.2) is 35.4 Å². The Hall–Kier alpha value is -0.640. The predicted octanol–water partition coefficient (Wildman–Crippen LogP) is 4.09. The molecule has 16 heavy (non-hydrogen) atoms. The maximum Gasteiger partial charge on any atom is 0.116 e. The van der Waals surface area contributed by atoms with E-state index < -0.39 is 0 Å². The molecule has 1 heterocycles. The van der Waals surface area contributed by atoms with Crippen LogP contribution in [0.3, 0.4) is 0 Å². The normalized spacial score (nSPS) is 10.6. The molecule has 0 aliphatic rings. The van der Waals surface area contributed by atoms with Gasteiger partial charge < -0.3 is 4.98 Å². The summed E-state index contributed by atoms with van der Waals surface area (Å²) in [4.78, 5) is 8.44. The van der Waals surface area contributed by atoms with Gasteiger partial charge in [0.2, 0.25) is 0 Å². The molecule has 2 nitrogen and oxygen atoms in total. The molecule has 1 aromatic heterocycles. The van der Waals surface area contributed by atoms with E-state index in [0.717, 1.165) is 27.2 Å². The van der Waals surface area contributed by atoms with E-state index in [1.807, 2.05) is 24.3 Å². The fourth-order valence-corrected chi connectivity index (χ4v) is 2.51. The first-order chi connectivity index (χ1) is 7.79. The van der Waals surface area contributed by atoms with Gasteiger partial charge in [-0.1, -0.05) is 23.7 Å². The van der Waals surface area contributed by atoms with Crippen LogP contribution in [0.25, 0.3) is 0 Å². The molecule has 5 heteroatoms. The molecule has 0 amide bonds. The summed E-state index contributed by atoms with van der Waals surface area (Å²) in [6.07, 6.45) is 1.76. The monoisotopic (exact) mass is 272 g/mol. The van der Waals surface area contributed by atoms with Crippen LogP contribution in [-0.4, -0.2) is 9.97 Å². The van der Waals surface area contributed by atoms with Crippen LogP contribution < -0.4 is 0 Å². The first kappa shape index (κ1) is 11.8. The third-order valence-electron chi connectivity index (χ3n) is 2.03. The molecule has 0 atom stereocenters. The number of H-pyrrole nitrogens is 1. The lowest BCUT2D eigenvalue weighted by Gasteiger charge is -2.01. The number of nitrogens with zero attached hydrogens (tertiary/aromatic N) is 1. The minimum atomic E-state index is 0.462. The second-order valence-corrected chi connectivity index (χ2v) is 4.90. The van der Waals surface area contributed by atoms with Gasteiger partial charge in [0.05, 0.1) is 16.7 Å². The summed E-state index contributed by atoms with van der Waals surface area (Å²) < 4.78 is 0. The van der Waals surface area contributed by atoms with Crippen molar-refractivity contribution in [1.82, 2.24) is 9.97 Å². The van der Waals surface area contributed by atoms with Crippen LogP contribution >= 0.6 is 35.0 Å². The standard InChI is InChI=1S/C11H10Cl2N2S/c12-5-8-6-14-11(15-8)7-16-10-4-2-1-3-9(10)13/h1-4,6H,5,7H2,(H,14,15). The number of benzene rings is 1. The fourth-order valence-electron chi connectivity index (χ4n) is 1.25. The molecule has 1 N–H and O–H groups in total. The largest absolute Gasteiger partial charge is 0.344 e. The Bertz CT molecular complexity index is 471. The number of aromatic nitrogens is 2. The Labute approximate surface area is 108 Å². The van der Waals surface area contributed by atoms with Gasteiger partial charge in [-0.05, 0) is 12.1 Å². The molecule has 0 spiro atoms. The Morgan fingerprint density at radius 1 is 1.31 bits per heavy atom. The summed E-state index contributed by atoms with van der Waals surface area (Å²) in [6.45, 7) is 0.